The number of aromatic amines is 1. The third kappa shape index (κ3) is 3.57. The van der Waals surface area contributed by atoms with Gasteiger partial charge in [0.15, 0.2) is 0 Å². The van der Waals surface area contributed by atoms with Crippen LogP contribution in [0.3, 0.4) is 0 Å². The largest absolute Gasteiger partial charge is 0.360 e. The number of piperazine rings is 1. The van der Waals surface area contributed by atoms with E-state index in [4.69, 9.17) is 12.2 Å². The van der Waals surface area contributed by atoms with Gasteiger partial charge in [0, 0.05) is 30.7 Å². The number of rotatable bonds is 3. The lowest BCUT2D eigenvalue weighted by atomic mass is 10.2. The Bertz CT molecular complexity index is 785. The van der Waals surface area contributed by atoms with Gasteiger partial charge in [-0.1, -0.05) is 12.2 Å². The van der Waals surface area contributed by atoms with Crippen LogP contribution in [0.4, 0.5) is 11.4 Å². The molecule has 1 aromatic heterocycles. The molecule has 2 aromatic rings. The molecule has 7 heteroatoms. The van der Waals surface area contributed by atoms with E-state index in [1.165, 1.54) is 0 Å². The van der Waals surface area contributed by atoms with Crippen LogP contribution in [0, 0.1) is 4.64 Å². The zero-order chi connectivity index (χ0) is 16.2. The molecule has 0 saturated carbocycles. The first-order valence-corrected chi connectivity index (χ1v) is 7.65. The molecule has 23 heavy (non-hydrogen) atoms. The molecule has 3 N–H and O–H groups in total. The normalized spacial score (nSPS) is 14.3. The SMILES string of the molecule is O=C1CN(c2ccc(NC(=O)c3ccc[nH]c3=S)cc2)CCN1. The molecule has 0 atom stereocenters. The number of hydrogen-bond donors (Lipinski definition) is 3. The number of anilines is 2. The fourth-order valence-electron chi connectivity index (χ4n) is 2.41. The minimum absolute atomic E-state index is 0.0203. The number of amides is 2. The molecule has 0 spiro atoms. The fraction of sp³-hybridized carbons (Fsp3) is 0.188. The number of carbonyl (C=O) groups is 2. The first kappa shape index (κ1) is 15.2. The summed E-state index contributed by atoms with van der Waals surface area (Å²) in [6.07, 6.45) is 1.68. The molecule has 1 fully saturated rings. The average molecular weight is 328 g/mol. The lowest BCUT2D eigenvalue weighted by Crippen LogP contribution is -2.47. The summed E-state index contributed by atoms with van der Waals surface area (Å²) in [5, 5.41) is 5.61. The van der Waals surface area contributed by atoms with Crippen molar-refractivity contribution in [3.63, 3.8) is 0 Å². The maximum absolute atomic E-state index is 12.2. The van der Waals surface area contributed by atoms with Crippen LogP contribution in [0.15, 0.2) is 42.6 Å². The summed E-state index contributed by atoms with van der Waals surface area (Å²) in [5.74, 6) is -0.233. The maximum atomic E-state index is 12.2. The summed E-state index contributed by atoms with van der Waals surface area (Å²) in [4.78, 5) is 28.5. The molecule has 0 unspecified atom stereocenters. The Balaban J connectivity index is 1.70. The van der Waals surface area contributed by atoms with Crippen LogP contribution in [0.1, 0.15) is 10.4 Å². The van der Waals surface area contributed by atoms with Crippen LogP contribution in [0.2, 0.25) is 0 Å². The van der Waals surface area contributed by atoms with Gasteiger partial charge in [0.05, 0.1) is 12.1 Å². The van der Waals surface area contributed by atoms with E-state index in [2.05, 4.69) is 15.6 Å². The van der Waals surface area contributed by atoms with Crippen LogP contribution in [0.5, 0.6) is 0 Å². The van der Waals surface area contributed by atoms with Gasteiger partial charge >= 0.3 is 0 Å². The first-order chi connectivity index (χ1) is 11.1. The minimum atomic E-state index is -0.253. The fourth-order valence-corrected chi connectivity index (χ4v) is 2.64. The summed E-state index contributed by atoms with van der Waals surface area (Å²) in [5.41, 5.74) is 2.06. The van der Waals surface area contributed by atoms with E-state index < -0.39 is 0 Å². The Kier molecular flexibility index (Phi) is 4.38. The van der Waals surface area contributed by atoms with E-state index in [-0.39, 0.29) is 11.8 Å². The molecule has 6 nitrogen and oxygen atoms in total. The molecule has 1 aliphatic rings. The number of H-pyrrole nitrogens is 1. The summed E-state index contributed by atoms with van der Waals surface area (Å²) >= 11 is 5.10. The second kappa shape index (κ2) is 6.62. The van der Waals surface area contributed by atoms with Crippen molar-refractivity contribution in [3.8, 4) is 0 Å². The van der Waals surface area contributed by atoms with E-state index in [0.717, 1.165) is 12.2 Å². The number of nitrogens with one attached hydrogen (secondary N) is 3. The molecule has 0 aliphatic carbocycles. The highest BCUT2D eigenvalue weighted by molar-refractivity contribution is 7.71. The molecule has 2 heterocycles. The van der Waals surface area contributed by atoms with Crippen LogP contribution in [0.25, 0.3) is 0 Å². The van der Waals surface area contributed by atoms with Crippen molar-refractivity contribution in [1.82, 2.24) is 10.3 Å². The van der Waals surface area contributed by atoms with E-state index >= 15 is 0 Å². The maximum Gasteiger partial charge on any atom is 0.258 e. The molecule has 1 aliphatic heterocycles. The van der Waals surface area contributed by atoms with Crippen LogP contribution < -0.4 is 15.5 Å². The van der Waals surface area contributed by atoms with Crippen molar-refractivity contribution in [1.29, 1.82) is 0 Å². The average Bonchev–Trinajstić information content (AvgIpc) is 2.56. The lowest BCUT2D eigenvalue weighted by Gasteiger charge is -2.28. The molecule has 0 bridgehead atoms. The quantitative estimate of drug-likeness (QED) is 0.753. The number of aromatic nitrogens is 1. The summed E-state index contributed by atoms with van der Waals surface area (Å²) in [6, 6.07) is 10.8. The highest BCUT2D eigenvalue weighted by Crippen LogP contribution is 2.19. The third-order valence-electron chi connectivity index (χ3n) is 3.59. The summed E-state index contributed by atoms with van der Waals surface area (Å²) < 4.78 is 0.404. The number of hydrogen-bond acceptors (Lipinski definition) is 4. The zero-order valence-corrected chi connectivity index (χ0v) is 13.2. The van der Waals surface area contributed by atoms with Crippen molar-refractivity contribution in [3.05, 3.63) is 52.8 Å². The topological polar surface area (TPSA) is 77.2 Å². The third-order valence-corrected chi connectivity index (χ3v) is 3.93. The van der Waals surface area contributed by atoms with E-state index in [9.17, 15) is 9.59 Å². The summed E-state index contributed by atoms with van der Waals surface area (Å²) in [7, 11) is 0. The standard InChI is InChI=1S/C16H16N4O2S/c21-14-10-20(9-8-17-14)12-5-3-11(4-6-12)19-15(22)13-2-1-7-18-16(13)23/h1-7H,8-10H2,(H,17,21)(H,18,23)(H,19,22). The Morgan fingerprint density at radius 3 is 2.70 bits per heavy atom. The first-order valence-electron chi connectivity index (χ1n) is 7.24. The molecule has 1 saturated heterocycles. The van der Waals surface area contributed by atoms with Crippen LogP contribution in [-0.2, 0) is 4.79 Å². The van der Waals surface area contributed by atoms with Gasteiger partial charge in [-0.25, -0.2) is 0 Å². The molecule has 0 radical (unpaired) electrons. The molecule has 1 aromatic carbocycles. The van der Waals surface area contributed by atoms with Crippen molar-refractivity contribution < 1.29 is 9.59 Å². The predicted molar refractivity (Wildman–Crippen MR) is 91.2 cm³/mol. The molecular formula is C16H16N4O2S. The van der Waals surface area contributed by atoms with E-state index in [0.29, 0.717) is 29.0 Å². The van der Waals surface area contributed by atoms with Gasteiger partial charge in [0.2, 0.25) is 5.91 Å². The van der Waals surface area contributed by atoms with Gasteiger partial charge in [0.1, 0.15) is 4.64 Å². The predicted octanol–water partition coefficient (Wildman–Crippen LogP) is 1.93. The molecule has 3 rings (SSSR count). The molecule has 118 valence electrons. The van der Waals surface area contributed by atoms with Gasteiger partial charge < -0.3 is 20.5 Å². The lowest BCUT2D eigenvalue weighted by molar-refractivity contribution is -0.120. The molecule has 2 amide bonds. The zero-order valence-electron chi connectivity index (χ0n) is 12.3. The van der Waals surface area contributed by atoms with Gasteiger partial charge in [0.25, 0.3) is 5.91 Å². The number of benzene rings is 1. The van der Waals surface area contributed by atoms with Gasteiger partial charge in [-0.15, -0.1) is 0 Å². The molecular weight excluding hydrogens is 312 g/mol. The monoisotopic (exact) mass is 328 g/mol. The highest BCUT2D eigenvalue weighted by atomic mass is 32.1. The van der Waals surface area contributed by atoms with Crippen molar-refractivity contribution >= 4 is 35.4 Å². The van der Waals surface area contributed by atoms with E-state index in [1.807, 2.05) is 29.2 Å². The van der Waals surface area contributed by atoms with Crippen molar-refractivity contribution in [2.75, 3.05) is 29.9 Å². The van der Waals surface area contributed by atoms with Crippen molar-refractivity contribution in [2.45, 2.75) is 0 Å². The second-order valence-electron chi connectivity index (χ2n) is 5.19. The van der Waals surface area contributed by atoms with Crippen molar-refractivity contribution in [2.24, 2.45) is 0 Å². The smallest absolute Gasteiger partial charge is 0.258 e. The number of nitrogens with zero attached hydrogens (tertiary/aromatic N) is 1. The Hall–Kier alpha value is -2.67. The Morgan fingerprint density at radius 2 is 2.00 bits per heavy atom. The summed E-state index contributed by atoms with van der Waals surface area (Å²) in [6.45, 7) is 1.77. The van der Waals surface area contributed by atoms with E-state index in [1.54, 1.807) is 18.3 Å². The Morgan fingerprint density at radius 1 is 1.22 bits per heavy atom. The second-order valence-corrected chi connectivity index (χ2v) is 5.59. The number of pyridine rings is 1. The Labute approximate surface area is 138 Å². The van der Waals surface area contributed by atoms with Crippen LogP contribution in [-0.4, -0.2) is 36.4 Å². The number of carbonyl (C=O) groups excluding carboxylic acids is 2. The van der Waals surface area contributed by atoms with Gasteiger partial charge in [-0.2, -0.15) is 0 Å². The highest BCUT2D eigenvalue weighted by Gasteiger charge is 2.16. The minimum Gasteiger partial charge on any atom is -0.360 e. The van der Waals surface area contributed by atoms with Crippen LogP contribution >= 0.6 is 12.2 Å². The van der Waals surface area contributed by atoms with Gasteiger partial charge in [-0.3, -0.25) is 9.59 Å². The van der Waals surface area contributed by atoms with Gasteiger partial charge in [-0.05, 0) is 36.4 Å².